The Kier molecular flexibility index (Phi) is 5.65. The molecule has 3 aromatic rings. The zero-order chi connectivity index (χ0) is 26.2. The Hall–Kier alpha value is -2.59. The molecule has 0 unspecified atom stereocenters. The third-order valence-electron chi connectivity index (χ3n) is 10.2. The molecule has 4 bridgehead atoms. The molecule has 0 aliphatic heterocycles. The van der Waals surface area contributed by atoms with Crippen molar-refractivity contribution in [1.29, 1.82) is 0 Å². The van der Waals surface area contributed by atoms with Crippen molar-refractivity contribution < 1.29 is 14.3 Å². The molecule has 4 aliphatic rings. The van der Waals surface area contributed by atoms with Crippen LogP contribution in [-0.2, 0) is 5.41 Å². The predicted octanol–water partition coefficient (Wildman–Crippen LogP) is 9.06. The van der Waals surface area contributed by atoms with Crippen LogP contribution in [0.4, 0.5) is 0 Å². The molecule has 0 saturated heterocycles. The van der Waals surface area contributed by atoms with Crippen LogP contribution in [0.5, 0.6) is 5.75 Å². The molecule has 0 atom stereocenters. The Balaban J connectivity index is 1.45. The van der Waals surface area contributed by atoms with Crippen molar-refractivity contribution in [1.82, 2.24) is 0 Å². The summed E-state index contributed by atoms with van der Waals surface area (Å²) in [4.78, 5) is 11.4. The van der Waals surface area contributed by atoms with Crippen molar-refractivity contribution in [2.75, 3.05) is 0 Å². The van der Waals surface area contributed by atoms with Gasteiger partial charge in [-0.25, -0.2) is 4.79 Å². The summed E-state index contributed by atoms with van der Waals surface area (Å²) in [6.07, 6.45) is 8.23. The number of hydrogen-bond acceptors (Lipinski definition) is 2. The number of rotatable bonds is 5. The molecule has 3 nitrogen and oxygen atoms in total. The molecule has 0 radical (unpaired) electrons. The predicted molar refractivity (Wildman–Crippen MR) is 154 cm³/mol. The summed E-state index contributed by atoms with van der Waals surface area (Å²) in [6, 6.07) is 18.8. The van der Waals surface area contributed by atoms with E-state index in [1.807, 2.05) is 6.07 Å². The van der Waals surface area contributed by atoms with Gasteiger partial charge in [0.15, 0.2) is 0 Å². The van der Waals surface area contributed by atoms with Crippen molar-refractivity contribution in [2.45, 2.75) is 82.8 Å². The monoisotopic (exact) mass is 512 g/mol. The topological polar surface area (TPSA) is 46.5 Å². The first-order chi connectivity index (χ1) is 17.4. The van der Waals surface area contributed by atoms with E-state index in [4.69, 9.17) is 4.43 Å². The number of carboxylic acids is 1. The van der Waals surface area contributed by atoms with Crippen molar-refractivity contribution in [3.63, 3.8) is 0 Å². The highest BCUT2D eigenvalue weighted by molar-refractivity contribution is 6.74. The van der Waals surface area contributed by atoms with Gasteiger partial charge in [0, 0.05) is 0 Å². The molecule has 4 aliphatic carbocycles. The third kappa shape index (κ3) is 4.31. The maximum Gasteiger partial charge on any atom is 0.335 e. The maximum absolute atomic E-state index is 11.4. The van der Waals surface area contributed by atoms with Gasteiger partial charge in [0.25, 0.3) is 0 Å². The van der Waals surface area contributed by atoms with E-state index in [1.54, 1.807) is 12.1 Å². The molecule has 7 rings (SSSR count). The van der Waals surface area contributed by atoms with Crippen LogP contribution in [0, 0.1) is 17.8 Å². The van der Waals surface area contributed by atoms with Crippen molar-refractivity contribution in [3.8, 4) is 16.9 Å². The average molecular weight is 513 g/mol. The molecule has 37 heavy (non-hydrogen) atoms. The van der Waals surface area contributed by atoms with Crippen molar-refractivity contribution in [3.05, 3.63) is 65.7 Å². The molecule has 4 heteroatoms. The second kappa shape index (κ2) is 8.46. The molecule has 0 spiro atoms. The fourth-order valence-corrected chi connectivity index (χ4v) is 8.67. The lowest BCUT2D eigenvalue weighted by Crippen LogP contribution is -2.49. The normalized spacial score (nSPS) is 27.0. The number of hydrogen-bond donors (Lipinski definition) is 1. The number of aromatic carboxylic acids is 1. The number of carbonyl (C=O) groups is 1. The standard InChI is InChI=1S/C33H40O3Si/c1-32(2,3)37(4,5)36-30-11-10-27(25-6-7-26-16-28(31(34)35)9-8-24(26)15-25)17-29(30)33-18-21-12-22(19-33)14-23(13-21)20-33/h6-11,15-17,21-23H,12-14,18-20H2,1-5H3,(H,34,35). The SMILES string of the molecule is CC(C)(C)[Si](C)(C)Oc1ccc(-c2ccc3cc(C(=O)O)ccc3c2)cc1C12CC3CC(CC(C3)C1)C2. The van der Waals surface area contributed by atoms with E-state index in [-0.39, 0.29) is 10.5 Å². The van der Waals surface area contributed by atoms with Gasteiger partial charge >= 0.3 is 5.97 Å². The highest BCUT2D eigenvalue weighted by Crippen LogP contribution is 2.62. The fourth-order valence-electron chi connectivity index (χ4n) is 7.64. The minimum absolute atomic E-state index is 0.150. The second-order valence-electron chi connectivity index (χ2n) is 13.9. The first-order valence-corrected chi connectivity index (χ1v) is 16.9. The first kappa shape index (κ1) is 24.7. The van der Waals surface area contributed by atoms with E-state index in [2.05, 4.69) is 70.3 Å². The molecule has 3 aromatic carbocycles. The molecule has 0 heterocycles. The highest BCUT2D eigenvalue weighted by atomic mass is 28.4. The van der Waals surface area contributed by atoms with Gasteiger partial charge in [-0.15, -0.1) is 0 Å². The lowest BCUT2D eigenvalue weighted by Gasteiger charge is -2.57. The Morgan fingerprint density at radius 1 is 0.838 bits per heavy atom. The van der Waals surface area contributed by atoms with Crippen LogP contribution in [-0.4, -0.2) is 19.4 Å². The lowest BCUT2D eigenvalue weighted by molar-refractivity contribution is -0.00584. The van der Waals surface area contributed by atoms with Crippen LogP contribution < -0.4 is 4.43 Å². The van der Waals surface area contributed by atoms with Crippen molar-refractivity contribution in [2.24, 2.45) is 17.8 Å². The molecule has 1 N–H and O–H groups in total. The Morgan fingerprint density at radius 3 is 1.97 bits per heavy atom. The summed E-state index contributed by atoms with van der Waals surface area (Å²) < 4.78 is 7.07. The number of carboxylic acid groups (broad SMARTS) is 1. The number of benzene rings is 3. The van der Waals surface area contributed by atoms with Gasteiger partial charge < -0.3 is 9.53 Å². The van der Waals surface area contributed by atoms with E-state index >= 15 is 0 Å². The van der Waals surface area contributed by atoms with Crippen LogP contribution in [0.25, 0.3) is 21.9 Å². The molecule has 4 fully saturated rings. The quantitative estimate of drug-likeness (QED) is 0.347. The van der Waals surface area contributed by atoms with Gasteiger partial charge in [0.1, 0.15) is 5.75 Å². The third-order valence-corrected chi connectivity index (χ3v) is 14.5. The molecule has 0 amide bonds. The summed E-state index contributed by atoms with van der Waals surface area (Å²) in [5, 5.41) is 11.6. The van der Waals surface area contributed by atoms with E-state index in [9.17, 15) is 9.90 Å². The largest absolute Gasteiger partial charge is 0.543 e. The van der Waals surface area contributed by atoms with Crippen LogP contribution in [0.1, 0.15) is 75.2 Å². The van der Waals surface area contributed by atoms with Gasteiger partial charge in [-0.3, -0.25) is 0 Å². The van der Waals surface area contributed by atoms with Gasteiger partial charge in [0.2, 0.25) is 8.32 Å². The fraction of sp³-hybridized carbons (Fsp3) is 0.485. The summed E-state index contributed by atoms with van der Waals surface area (Å²) in [7, 11) is -1.99. The second-order valence-corrected chi connectivity index (χ2v) is 18.6. The zero-order valence-electron chi connectivity index (χ0n) is 22.9. The molecule has 0 aromatic heterocycles. The molecule has 4 saturated carbocycles. The summed E-state index contributed by atoms with van der Waals surface area (Å²) in [5.74, 6) is 2.87. The Morgan fingerprint density at radius 2 is 1.38 bits per heavy atom. The van der Waals surface area contributed by atoms with E-state index in [0.717, 1.165) is 34.3 Å². The Bertz CT molecular complexity index is 1340. The summed E-state index contributed by atoms with van der Waals surface area (Å²) in [5.41, 5.74) is 4.44. The van der Waals surface area contributed by atoms with E-state index in [0.29, 0.717) is 5.56 Å². The maximum atomic E-state index is 11.4. The minimum Gasteiger partial charge on any atom is -0.543 e. The zero-order valence-corrected chi connectivity index (χ0v) is 23.9. The number of fused-ring (bicyclic) bond motifs is 1. The molecular weight excluding hydrogens is 472 g/mol. The lowest BCUT2D eigenvalue weighted by atomic mass is 9.48. The van der Waals surface area contributed by atoms with Crippen LogP contribution in [0.15, 0.2) is 54.6 Å². The Labute approximate surface area is 222 Å². The summed E-state index contributed by atoms with van der Waals surface area (Å²) >= 11 is 0. The van der Waals surface area contributed by atoms with Gasteiger partial charge in [-0.2, -0.15) is 0 Å². The smallest absolute Gasteiger partial charge is 0.335 e. The van der Waals surface area contributed by atoms with Gasteiger partial charge in [-0.1, -0.05) is 45.0 Å². The van der Waals surface area contributed by atoms with E-state index < -0.39 is 14.3 Å². The highest BCUT2D eigenvalue weighted by Gasteiger charge is 2.53. The van der Waals surface area contributed by atoms with Crippen LogP contribution >= 0.6 is 0 Å². The van der Waals surface area contributed by atoms with Gasteiger partial charge in [-0.05, 0) is 138 Å². The first-order valence-electron chi connectivity index (χ1n) is 14.0. The van der Waals surface area contributed by atoms with E-state index in [1.165, 1.54) is 55.2 Å². The van der Waals surface area contributed by atoms with Crippen molar-refractivity contribution >= 4 is 25.1 Å². The van der Waals surface area contributed by atoms with Crippen LogP contribution in [0.3, 0.4) is 0 Å². The minimum atomic E-state index is -1.99. The average Bonchev–Trinajstić information content (AvgIpc) is 2.81. The molecule has 194 valence electrons. The molecular formula is C33H40O3Si. The van der Waals surface area contributed by atoms with Crippen LogP contribution in [0.2, 0.25) is 18.1 Å². The summed E-state index contributed by atoms with van der Waals surface area (Å²) in [6.45, 7) is 11.7. The van der Waals surface area contributed by atoms with Gasteiger partial charge in [0.05, 0.1) is 5.56 Å².